The first-order valence-corrected chi connectivity index (χ1v) is 11.6. The second-order valence-electron chi connectivity index (χ2n) is 8.10. The van der Waals surface area contributed by atoms with E-state index in [0.717, 1.165) is 23.3 Å². The van der Waals surface area contributed by atoms with Crippen LogP contribution in [0.4, 0.5) is 8.78 Å². The maximum absolute atomic E-state index is 13.3. The quantitative estimate of drug-likeness (QED) is 0.581. The highest BCUT2D eigenvalue weighted by atomic mass is 32.1. The number of amides is 2. The molecule has 2 aromatic rings. The van der Waals surface area contributed by atoms with Crippen LogP contribution >= 0.6 is 11.3 Å². The van der Waals surface area contributed by atoms with E-state index in [4.69, 9.17) is 4.74 Å². The van der Waals surface area contributed by atoms with E-state index in [1.54, 1.807) is 12.1 Å². The van der Waals surface area contributed by atoms with Crippen LogP contribution in [0, 0.1) is 5.92 Å². The number of alkyl halides is 2. The van der Waals surface area contributed by atoms with Crippen molar-refractivity contribution in [2.75, 3.05) is 20.2 Å². The van der Waals surface area contributed by atoms with Crippen molar-refractivity contribution in [2.24, 2.45) is 5.92 Å². The number of thiophene rings is 1. The molecule has 0 spiro atoms. The molecular weight excluding hydrogens is 438 g/mol. The highest BCUT2D eigenvalue weighted by Crippen LogP contribution is 2.34. The molecule has 2 heterocycles. The number of ether oxygens (including phenoxy) is 2. The Morgan fingerprint density at radius 3 is 2.50 bits per heavy atom. The topological polar surface area (TPSA) is 59.1 Å². The molecular formula is C23H26F2N2O4S. The predicted octanol–water partition coefficient (Wildman–Crippen LogP) is 4.40. The number of benzene rings is 1. The summed E-state index contributed by atoms with van der Waals surface area (Å²) in [7, 11) is 1.40. The van der Waals surface area contributed by atoms with Crippen molar-refractivity contribution >= 4 is 23.2 Å². The summed E-state index contributed by atoms with van der Waals surface area (Å²) in [6.45, 7) is -1.40. The van der Waals surface area contributed by atoms with Crippen LogP contribution in [0.1, 0.15) is 40.9 Å². The number of methoxy groups -OCH3 is 1. The number of hydrogen-bond acceptors (Lipinski definition) is 5. The summed E-state index contributed by atoms with van der Waals surface area (Å²) >= 11 is 1.43. The molecule has 4 rings (SSSR count). The van der Waals surface area contributed by atoms with Gasteiger partial charge in [0.15, 0.2) is 11.5 Å². The minimum Gasteiger partial charge on any atom is -0.493 e. The first-order valence-electron chi connectivity index (χ1n) is 10.7. The Bertz CT molecular complexity index is 941. The fraction of sp³-hybridized carbons (Fsp3) is 0.478. The SMILES string of the molecule is COc1cc(CN(C(=O)C2CCN(C(=O)c3cccs3)CC2)C2CC2)ccc1OC(F)F. The molecule has 0 radical (unpaired) electrons. The van der Waals surface area contributed by atoms with E-state index in [1.165, 1.54) is 24.5 Å². The maximum atomic E-state index is 13.3. The zero-order chi connectivity index (χ0) is 22.7. The normalized spacial score (nSPS) is 16.8. The van der Waals surface area contributed by atoms with Gasteiger partial charge in [0.1, 0.15) is 0 Å². The maximum Gasteiger partial charge on any atom is 0.387 e. The van der Waals surface area contributed by atoms with Gasteiger partial charge >= 0.3 is 6.61 Å². The molecule has 32 heavy (non-hydrogen) atoms. The van der Waals surface area contributed by atoms with E-state index < -0.39 is 6.61 Å². The van der Waals surface area contributed by atoms with Crippen LogP contribution in [0.3, 0.4) is 0 Å². The van der Waals surface area contributed by atoms with Gasteiger partial charge in [-0.15, -0.1) is 11.3 Å². The Balaban J connectivity index is 1.39. The molecule has 2 fully saturated rings. The number of nitrogens with zero attached hydrogens (tertiary/aromatic N) is 2. The number of carbonyl (C=O) groups is 2. The Morgan fingerprint density at radius 1 is 1.16 bits per heavy atom. The summed E-state index contributed by atoms with van der Waals surface area (Å²) in [6, 6.07) is 8.67. The molecule has 2 amide bonds. The first-order chi connectivity index (χ1) is 15.5. The van der Waals surface area contributed by atoms with Crippen molar-refractivity contribution in [3.63, 3.8) is 0 Å². The summed E-state index contributed by atoms with van der Waals surface area (Å²) in [5.74, 6) is 0.196. The second kappa shape index (κ2) is 9.85. The molecule has 1 aromatic heterocycles. The van der Waals surface area contributed by atoms with E-state index in [1.807, 2.05) is 27.3 Å². The molecule has 1 aromatic carbocycles. The third-order valence-corrected chi connectivity index (χ3v) is 6.79. The van der Waals surface area contributed by atoms with Crippen molar-refractivity contribution in [1.82, 2.24) is 9.80 Å². The second-order valence-corrected chi connectivity index (χ2v) is 9.05. The smallest absolute Gasteiger partial charge is 0.387 e. The number of halogens is 2. The molecule has 1 aliphatic heterocycles. The number of carbonyl (C=O) groups excluding carboxylic acids is 2. The number of likely N-dealkylation sites (tertiary alicyclic amines) is 1. The molecule has 9 heteroatoms. The monoisotopic (exact) mass is 464 g/mol. The van der Waals surface area contributed by atoms with Gasteiger partial charge in [0, 0.05) is 31.6 Å². The van der Waals surface area contributed by atoms with Crippen molar-refractivity contribution in [3.05, 3.63) is 46.2 Å². The van der Waals surface area contributed by atoms with E-state index in [0.29, 0.717) is 32.5 Å². The Morgan fingerprint density at radius 2 is 1.91 bits per heavy atom. The van der Waals surface area contributed by atoms with E-state index in [2.05, 4.69) is 4.74 Å². The Labute approximate surface area is 189 Å². The Kier molecular flexibility index (Phi) is 6.93. The van der Waals surface area contributed by atoms with Crippen molar-refractivity contribution in [3.8, 4) is 11.5 Å². The van der Waals surface area contributed by atoms with Crippen LogP contribution in [-0.2, 0) is 11.3 Å². The van der Waals surface area contributed by atoms with Crippen molar-refractivity contribution in [2.45, 2.75) is 44.9 Å². The van der Waals surface area contributed by atoms with Crippen LogP contribution < -0.4 is 9.47 Å². The number of hydrogen-bond donors (Lipinski definition) is 0. The van der Waals surface area contributed by atoms with Gasteiger partial charge in [-0.05, 0) is 54.8 Å². The minimum absolute atomic E-state index is 0.0293. The van der Waals surface area contributed by atoms with Crippen molar-refractivity contribution in [1.29, 1.82) is 0 Å². The lowest BCUT2D eigenvalue weighted by atomic mass is 9.94. The standard InChI is InChI=1S/C23H26F2N2O4S/c1-30-19-13-15(4-7-18(19)31-23(24)25)14-27(17-5-6-17)21(28)16-8-10-26(11-9-16)22(29)20-3-2-12-32-20/h2-4,7,12-13,16-17,23H,5-6,8-11,14H2,1H3. The van der Waals surface area contributed by atoms with Crippen LogP contribution in [0.15, 0.2) is 35.7 Å². The average molecular weight is 465 g/mol. The molecule has 1 saturated carbocycles. The molecule has 0 atom stereocenters. The summed E-state index contributed by atoms with van der Waals surface area (Å²) < 4.78 is 34.8. The van der Waals surface area contributed by atoms with E-state index in [9.17, 15) is 18.4 Å². The first kappa shape index (κ1) is 22.5. The molecule has 1 aliphatic carbocycles. The molecule has 2 aliphatic rings. The summed E-state index contributed by atoms with van der Waals surface area (Å²) in [5, 5.41) is 1.89. The molecule has 0 bridgehead atoms. The van der Waals surface area contributed by atoms with Gasteiger partial charge in [-0.25, -0.2) is 0 Å². The molecule has 1 saturated heterocycles. The van der Waals surface area contributed by atoms with Gasteiger partial charge in [0.25, 0.3) is 5.91 Å². The van der Waals surface area contributed by atoms with E-state index >= 15 is 0 Å². The zero-order valence-corrected chi connectivity index (χ0v) is 18.7. The van der Waals surface area contributed by atoms with Gasteiger partial charge in [-0.3, -0.25) is 9.59 Å². The third-order valence-electron chi connectivity index (χ3n) is 5.93. The van der Waals surface area contributed by atoms with Crippen LogP contribution in [-0.4, -0.2) is 54.5 Å². The van der Waals surface area contributed by atoms with Gasteiger partial charge in [0.05, 0.1) is 12.0 Å². The third kappa shape index (κ3) is 5.20. The van der Waals surface area contributed by atoms with Crippen LogP contribution in [0.25, 0.3) is 0 Å². The van der Waals surface area contributed by atoms with Gasteiger partial charge in [-0.1, -0.05) is 12.1 Å². The van der Waals surface area contributed by atoms with E-state index in [-0.39, 0.29) is 35.3 Å². The number of rotatable bonds is 8. The fourth-order valence-electron chi connectivity index (χ4n) is 4.09. The Hall–Kier alpha value is -2.68. The lowest BCUT2D eigenvalue weighted by Gasteiger charge is -2.34. The van der Waals surface area contributed by atoms with Crippen molar-refractivity contribution < 1.29 is 27.8 Å². The highest BCUT2D eigenvalue weighted by Gasteiger charge is 2.37. The molecule has 172 valence electrons. The zero-order valence-electron chi connectivity index (χ0n) is 17.8. The molecule has 6 nitrogen and oxygen atoms in total. The van der Waals surface area contributed by atoms with Gasteiger partial charge < -0.3 is 19.3 Å². The lowest BCUT2D eigenvalue weighted by molar-refractivity contribution is -0.138. The highest BCUT2D eigenvalue weighted by molar-refractivity contribution is 7.12. The molecule has 0 N–H and O–H groups in total. The largest absolute Gasteiger partial charge is 0.493 e. The minimum atomic E-state index is -2.93. The van der Waals surface area contributed by atoms with Gasteiger partial charge in [-0.2, -0.15) is 8.78 Å². The lowest BCUT2D eigenvalue weighted by Crippen LogP contribution is -2.44. The fourth-order valence-corrected chi connectivity index (χ4v) is 4.78. The summed E-state index contributed by atoms with van der Waals surface area (Å²) in [5.41, 5.74) is 0.800. The molecule has 0 unspecified atom stereocenters. The van der Waals surface area contributed by atoms with Crippen LogP contribution in [0.5, 0.6) is 11.5 Å². The summed E-state index contributed by atoms with van der Waals surface area (Å²) in [4.78, 5) is 30.3. The van der Waals surface area contributed by atoms with Gasteiger partial charge in [0.2, 0.25) is 5.91 Å². The number of piperidine rings is 1. The van der Waals surface area contributed by atoms with Crippen LogP contribution in [0.2, 0.25) is 0 Å². The average Bonchev–Trinajstić information content (AvgIpc) is 3.49. The summed E-state index contributed by atoms with van der Waals surface area (Å²) in [6.07, 6.45) is 3.21. The predicted molar refractivity (Wildman–Crippen MR) is 116 cm³/mol.